The SMILES string of the molecule is CC(Cc1nncn1C1CC1)c1cccc(N2Cc3c(cccc3C(F)(F)F)C2=O)c1. The highest BCUT2D eigenvalue weighted by Gasteiger charge is 2.39. The zero-order valence-corrected chi connectivity index (χ0v) is 16.9. The summed E-state index contributed by atoms with van der Waals surface area (Å²) >= 11 is 0. The van der Waals surface area contributed by atoms with Crippen LogP contribution in [0.1, 0.15) is 64.6 Å². The third-order valence-electron chi connectivity index (χ3n) is 6.10. The van der Waals surface area contributed by atoms with Crippen LogP contribution in [0, 0.1) is 0 Å². The summed E-state index contributed by atoms with van der Waals surface area (Å²) in [7, 11) is 0. The number of hydrogen-bond acceptors (Lipinski definition) is 3. The molecule has 1 unspecified atom stereocenters. The van der Waals surface area contributed by atoms with Crippen molar-refractivity contribution in [1.82, 2.24) is 14.8 Å². The van der Waals surface area contributed by atoms with Crippen LogP contribution in [0.25, 0.3) is 0 Å². The zero-order chi connectivity index (χ0) is 21.8. The second-order valence-corrected chi connectivity index (χ2v) is 8.31. The van der Waals surface area contributed by atoms with Crippen LogP contribution in [-0.4, -0.2) is 20.7 Å². The van der Waals surface area contributed by atoms with Crippen molar-refractivity contribution in [2.45, 2.75) is 50.9 Å². The van der Waals surface area contributed by atoms with E-state index in [0.717, 1.165) is 30.3 Å². The molecule has 0 spiro atoms. The van der Waals surface area contributed by atoms with Crippen LogP contribution < -0.4 is 4.90 Å². The lowest BCUT2D eigenvalue weighted by Crippen LogP contribution is -2.23. The number of carbonyl (C=O) groups excluding carboxylic acids is 1. The van der Waals surface area contributed by atoms with Gasteiger partial charge in [-0.05, 0) is 54.2 Å². The summed E-state index contributed by atoms with van der Waals surface area (Å²) in [5.41, 5.74) is 1.01. The lowest BCUT2D eigenvalue weighted by Gasteiger charge is -2.19. The third kappa shape index (κ3) is 3.60. The predicted molar refractivity (Wildman–Crippen MR) is 109 cm³/mol. The van der Waals surface area contributed by atoms with E-state index in [1.807, 2.05) is 18.2 Å². The van der Waals surface area contributed by atoms with Crippen LogP contribution in [-0.2, 0) is 19.1 Å². The molecule has 1 aliphatic carbocycles. The monoisotopic (exact) mass is 426 g/mol. The van der Waals surface area contributed by atoms with Gasteiger partial charge in [0.25, 0.3) is 5.91 Å². The minimum absolute atomic E-state index is 0.0380. The Balaban J connectivity index is 1.40. The van der Waals surface area contributed by atoms with E-state index in [2.05, 4.69) is 21.7 Å². The molecule has 1 saturated carbocycles. The maximum absolute atomic E-state index is 13.4. The number of hydrogen-bond donors (Lipinski definition) is 0. The summed E-state index contributed by atoms with van der Waals surface area (Å²) in [5.74, 6) is 0.645. The first-order chi connectivity index (χ1) is 14.8. The first kappa shape index (κ1) is 19.8. The van der Waals surface area contributed by atoms with Gasteiger partial charge in [0.1, 0.15) is 12.2 Å². The van der Waals surface area contributed by atoms with Crippen molar-refractivity contribution in [3.63, 3.8) is 0 Å². The summed E-state index contributed by atoms with van der Waals surface area (Å²) in [5, 5.41) is 8.30. The van der Waals surface area contributed by atoms with Gasteiger partial charge in [-0.1, -0.05) is 25.1 Å². The van der Waals surface area contributed by atoms with Gasteiger partial charge >= 0.3 is 6.18 Å². The Morgan fingerprint density at radius 3 is 2.68 bits per heavy atom. The van der Waals surface area contributed by atoms with Gasteiger partial charge in [0.05, 0.1) is 12.1 Å². The molecule has 1 amide bonds. The highest BCUT2D eigenvalue weighted by Crippen LogP contribution is 2.39. The molecular formula is C23H21F3N4O. The van der Waals surface area contributed by atoms with Crippen molar-refractivity contribution in [2.24, 2.45) is 0 Å². The van der Waals surface area contributed by atoms with E-state index in [0.29, 0.717) is 18.2 Å². The maximum atomic E-state index is 13.4. The van der Waals surface area contributed by atoms with E-state index in [1.165, 1.54) is 17.0 Å². The number of anilines is 1. The minimum atomic E-state index is -4.49. The number of halogens is 3. The van der Waals surface area contributed by atoms with Gasteiger partial charge in [0.2, 0.25) is 0 Å². The molecule has 5 nitrogen and oxygen atoms in total. The molecule has 31 heavy (non-hydrogen) atoms. The molecule has 1 aromatic heterocycles. The fourth-order valence-electron chi connectivity index (χ4n) is 4.27. The number of nitrogens with zero attached hydrogens (tertiary/aromatic N) is 4. The Bertz CT molecular complexity index is 1150. The fourth-order valence-corrected chi connectivity index (χ4v) is 4.27. The summed E-state index contributed by atoms with van der Waals surface area (Å²) in [6, 6.07) is 11.7. The largest absolute Gasteiger partial charge is 0.416 e. The van der Waals surface area contributed by atoms with Crippen molar-refractivity contribution in [3.8, 4) is 0 Å². The van der Waals surface area contributed by atoms with Gasteiger partial charge < -0.3 is 9.47 Å². The van der Waals surface area contributed by atoms with E-state index in [9.17, 15) is 18.0 Å². The second kappa shape index (κ2) is 7.21. The quantitative estimate of drug-likeness (QED) is 0.568. The Labute approximate surface area is 177 Å². The van der Waals surface area contributed by atoms with Gasteiger partial charge in [0, 0.05) is 23.7 Å². The topological polar surface area (TPSA) is 51.0 Å². The molecule has 5 rings (SSSR count). The molecule has 8 heteroatoms. The average molecular weight is 426 g/mol. The Hall–Kier alpha value is -3.16. The number of aromatic nitrogens is 3. The molecule has 1 atom stereocenters. The molecule has 3 aromatic rings. The number of carbonyl (C=O) groups is 1. The van der Waals surface area contributed by atoms with Gasteiger partial charge in [-0.3, -0.25) is 4.79 Å². The lowest BCUT2D eigenvalue weighted by atomic mass is 9.96. The van der Waals surface area contributed by atoms with Crippen molar-refractivity contribution >= 4 is 11.6 Å². The third-order valence-corrected chi connectivity index (χ3v) is 6.10. The molecule has 0 N–H and O–H groups in total. The fraction of sp³-hybridized carbons (Fsp3) is 0.348. The average Bonchev–Trinajstić information content (AvgIpc) is 3.39. The van der Waals surface area contributed by atoms with Crippen molar-refractivity contribution in [2.75, 3.05) is 4.90 Å². The van der Waals surface area contributed by atoms with Crippen molar-refractivity contribution < 1.29 is 18.0 Å². The van der Waals surface area contributed by atoms with Gasteiger partial charge in [-0.25, -0.2) is 0 Å². The number of amides is 1. The number of alkyl halides is 3. The molecule has 160 valence electrons. The van der Waals surface area contributed by atoms with E-state index < -0.39 is 17.6 Å². The molecule has 0 bridgehead atoms. The van der Waals surface area contributed by atoms with Crippen LogP contribution in [0.15, 0.2) is 48.8 Å². The summed E-state index contributed by atoms with van der Waals surface area (Å²) < 4.78 is 42.3. The zero-order valence-electron chi connectivity index (χ0n) is 16.9. The Kier molecular flexibility index (Phi) is 4.60. The van der Waals surface area contributed by atoms with Crippen LogP contribution in [0.4, 0.5) is 18.9 Å². The van der Waals surface area contributed by atoms with Crippen LogP contribution in [0.5, 0.6) is 0 Å². The van der Waals surface area contributed by atoms with E-state index in [4.69, 9.17) is 0 Å². The van der Waals surface area contributed by atoms with Gasteiger partial charge in [-0.2, -0.15) is 13.2 Å². The number of rotatable bonds is 5. The minimum Gasteiger partial charge on any atom is -0.314 e. The highest BCUT2D eigenvalue weighted by atomic mass is 19.4. The smallest absolute Gasteiger partial charge is 0.314 e. The first-order valence-corrected chi connectivity index (χ1v) is 10.3. The molecule has 0 saturated heterocycles. The number of fused-ring (bicyclic) bond motifs is 1. The summed E-state index contributed by atoms with van der Waals surface area (Å²) in [4.78, 5) is 14.3. The standard InChI is InChI=1S/C23H21F3N4O/c1-14(10-21-28-27-13-30(21)16-8-9-16)15-4-2-5-17(11-15)29-12-19-18(22(29)31)6-3-7-20(19)23(24,25)26/h2-7,11,13-14,16H,8-10,12H2,1H3. The van der Waals surface area contributed by atoms with E-state index in [1.54, 1.807) is 12.4 Å². The van der Waals surface area contributed by atoms with Gasteiger partial charge in [0.15, 0.2) is 0 Å². The van der Waals surface area contributed by atoms with Crippen LogP contribution in [0.2, 0.25) is 0 Å². The molecule has 1 fully saturated rings. The number of benzene rings is 2. The Morgan fingerprint density at radius 1 is 1.16 bits per heavy atom. The molecule has 2 aromatic carbocycles. The van der Waals surface area contributed by atoms with E-state index >= 15 is 0 Å². The second-order valence-electron chi connectivity index (χ2n) is 8.31. The van der Waals surface area contributed by atoms with Crippen molar-refractivity contribution in [1.29, 1.82) is 0 Å². The lowest BCUT2D eigenvalue weighted by molar-refractivity contribution is -0.138. The summed E-state index contributed by atoms with van der Waals surface area (Å²) in [6.07, 6.45) is 0.273. The van der Waals surface area contributed by atoms with Gasteiger partial charge in [-0.15, -0.1) is 10.2 Å². The molecule has 0 radical (unpaired) electrons. The molecule has 1 aliphatic heterocycles. The predicted octanol–water partition coefficient (Wildman–Crippen LogP) is 5.14. The molecule has 2 heterocycles. The molecular weight excluding hydrogens is 405 g/mol. The summed E-state index contributed by atoms with van der Waals surface area (Å²) in [6.45, 7) is 1.99. The highest BCUT2D eigenvalue weighted by molar-refractivity contribution is 6.10. The molecule has 2 aliphatic rings. The van der Waals surface area contributed by atoms with Crippen LogP contribution >= 0.6 is 0 Å². The maximum Gasteiger partial charge on any atom is 0.416 e. The van der Waals surface area contributed by atoms with Crippen molar-refractivity contribution in [3.05, 3.63) is 76.9 Å². The van der Waals surface area contributed by atoms with E-state index in [-0.39, 0.29) is 23.6 Å². The Morgan fingerprint density at radius 2 is 1.94 bits per heavy atom. The first-order valence-electron chi connectivity index (χ1n) is 10.3. The van der Waals surface area contributed by atoms with Crippen LogP contribution in [0.3, 0.4) is 0 Å². The normalized spacial score (nSPS) is 17.2.